The summed E-state index contributed by atoms with van der Waals surface area (Å²) in [7, 11) is 6.77. The Hall–Kier alpha value is -3.91. The van der Waals surface area contributed by atoms with Crippen LogP contribution in [0.2, 0.25) is 0 Å². The van der Waals surface area contributed by atoms with Crippen LogP contribution in [-0.2, 0) is 35.2 Å². The minimum Gasteiger partial charge on any atom is -0.386 e. The Bertz CT molecular complexity index is 1580. The average molecular weight is 809 g/mol. The number of likely N-dealkylation sites (tertiary alicyclic amines) is 1. The van der Waals surface area contributed by atoms with Gasteiger partial charge in [-0.3, -0.25) is 29.1 Å². The molecule has 2 unspecified atom stereocenters. The number of aliphatic hydroxyl groups excluding tert-OH is 1. The van der Waals surface area contributed by atoms with Gasteiger partial charge in [0, 0.05) is 46.8 Å². The number of ether oxygens (including phenoxy) is 2. The van der Waals surface area contributed by atoms with Crippen LogP contribution in [-0.4, -0.2) is 126 Å². The monoisotopic (exact) mass is 809 g/mol. The number of methoxy groups -OCH3 is 2. The minimum atomic E-state index is -0.883. The first-order valence-electron chi connectivity index (χ1n) is 21.0. The van der Waals surface area contributed by atoms with E-state index >= 15 is 0 Å². The second-order valence-corrected chi connectivity index (χ2v) is 16.9. The normalized spacial score (nSPS) is 19.2. The van der Waals surface area contributed by atoms with Gasteiger partial charge < -0.3 is 35.0 Å². The fourth-order valence-corrected chi connectivity index (χ4v) is 8.54. The first-order valence-corrected chi connectivity index (χ1v) is 21.0. The maximum atomic E-state index is 14.5. The summed E-state index contributed by atoms with van der Waals surface area (Å²) in [5.74, 6) is -1.76. The predicted octanol–water partition coefficient (Wildman–Crippen LogP) is 4.84. The standard InChI is InChI=1S/C45H72N6O7/c1-13-30(6)40(50(10)45(56)38(28(2)3)48-44(55)39(29(4)5)49(9)27-33-21-23-46-24-22-33)36(57-11)26-37(52)51-25-17-20-35(51)42(58-12)31(7)43(54)47-32(8)41(53)34-18-15-14-16-19-34/h14-16,18-19,21-24,28-32,35-36,38-42,53H,13,17,20,25-27H2,1-12H3,(H,47,54)(H,48,55)/t30-,31+,32+,35?,36?,38-,39-,40-,41+,42+/m0/s1. The molecule has 3 N–H and O–H groups in total. The van der Waals surface area contributed by atoms with E-state index in [2.05, 4.69) is 15.6 Å². The molecule has 1 saturated heterocycles. The van der Waals surface area contributed by atoms with Crippen molar-refractivity contribution in [1.82, 2.24) is 30.3 Å². The zero-order chi connectivity index (χ0) is 43.3. The Balaban J connectivity index is 1.76. The van der Waals surface area contributed by atoms with Crippen LogP contribution in [0.25, 0.3) is 0 Å². The molecule has 1 aromatic heterocycles. The summed E-state index contributed by atoms with van der Waals surface area (Å²) < 4.78 is 12.0. The number of pyridine rings is 1. The first kappa shape index (κ1) is 48.5. The van der Waals surface area contributed by atoms with Crippen molar-refractivity contribution in [2.75, 3.05) is 34.9 Å². The molecular formula is C45H72N6O7. The predicted molar refractivity (Wildman–Crippen MR) is 226 cm³/mol. The van der Waals surface area contributed by atoms with Crippen molar-refractivity contribution in [3.63, 3.8) is 0 Å². The highest BCUT2D eigenvalue weighted by molar-refractivity contribution is 5.90. The zero-order valence-corrected chi connectivity index (χ0v) is 37.1. The topological polar surface area (TPSA) is 154 Å². The van der Waals surface area contributed by atoms with Crippen molar-refractivity contribution in [2.45, 2.75) is 136 Å². The molecular weight excluding hydrogens is 737 g/mol. The number of rotatable bonds is 22. The number of benzene rings is 1. The Morgan fingerprint density at radius 1 is 0.897 bits per heavy atom. The van der Waals surface area contributed by atoms with Crippen LogP contribution in [0.3, 0.4) is 0 Å². The van der Waals surface area contributed by atoms with Crippen molar-refractivity contribution >= 4 is 23.6 Å². The van der Waals surface area contributed by atoms with E-state index in [1.54, 1.807) is 57.3 Å². The van der Waals surface area contributed by atoms with E-state index in [1.807, 2.05) is 96.0 Å². The van der Waals surface area contributed by atoms with E-state index in [0.717, 1.165) is 18.4 Å². The highest BCUT2D eigenvalue weighted by Gasteiger charge is 2.43. The van der Waals surface area contributed by atoms with Crippen molar-refractivity contribution in [2.24, 2.45) is 23.7 Å². The van der Waals surface area contributed by atoms with Crippen molar-refractivity contribution in [3.05, 3.63) is 66.0 Å². The molecule has 0 saturated carbocycles. The molecule has 324 valence electrons. The van der Waals surface area contributed by atoms with E-state index in [9.17, 15) is 24.3 Å². The molecule has 13 heteroatoms. The number of hydrogen-bond acceptors (Lipinski definition) is 9. The van der Waals surface area contributed by atoms with Crippen LogP contribution in [0.4, 0.5) is 0 Å². The Kier molecular flexibility index (Phi) is 19.2. The molecule has 0 radical (unpaired) electrons. The van der Waals surface area contributed by atoms with Gasteiger partial charge in [0.05, 0.1) is 54.8 Å². The number of carbonyl (C=O) groups excluding carboxylic acids is 4. The van der Waals surface area contributed by atoms with Crippen molar-refractivity contribution < 1.29 is 33.8 Å². The van der Waals surface area contributed by atoms with Gasteiger partial charge in [-0.15, -0.1) is 0 Å². The fourth-order valence-electron chi connectivity index (χ4n) is 8.54. The van der Waals surface area contributed by atoms with E-state index in [1.165, 1.54) is 0 Å². The van der Waals surface area contributed by atoms with Gasteiger partial charge in [0.2, 0.25) is 23.6 Å². The lowest BCUT2D eigenvalue weighted by Gasteiger charge is -2.41. The van der Waals surface area contributed by atoms with Crippen LogP contribution in [0.5, 0.6) is 0 Å². The number of hydrogen-bond donors (Lipinski definition) is 3. The molecule has 4 amide bonds. The molecule has 1 aliphatic rings. The minimum absolute atomic E-state index is 0.0187. The summed E-state index contributed by atoms with van der Waals surface area (Å²) >= 11 is 0. The maximum absolute atomic E-state index is 14.5. The molecule has 10 atom stereocenters. The summed E-state index contributed by atoms with van der Waals surface area (Å²) in [6, 6.07) is 10.4. The summed E-state index contributed by atoms with van der Waals surface area (Å²) in [6.45, 7) is 16.5. The Labute approximate surface area is 347 Å². The third-order valence-corrected chi connectivity index (χ3v) is 12.0. The van der Waals surface area contributed by atoms with E-state index in [0.29, 0.717) is 25.1 Å². The SMILES string of the molecule is CC[C@H](C)[C@@H](C(CC(=O)N1CCCC1[C@H](OC)[C@@H](C)C(=O)N[C@H](C)[C@@H](O)c1ccccc1)OC)N(C)C(=O)[C@@H](NC(=O)[C@H](C(C)C)N(C)Cc1ccncc1)C(C)C. The molecule has 1 aliphatic heterocycles. The number of likely N-dealkylation sites (N-methyl/N-ethyl adjacent to an activating group) is 2. The Morgan fingerprint density at radius 2 is 1.53 bits per heavy atom. The molecule has 0 aliphatic carbocycles. The number of aromatic nitrogens is 1. The maximum Gasteiger partial charge on any atom is 0.245 e. The number of nitrogens with zero attached hydrogens (tertiary/aromatic N) is 4. The molecule has 1 fully saturated rings. The lowest BCUT2D eigenvalue weighted by Crippen LogP contribution is -2.60. The van der Waals surface area contributed by atoms with Crippen LogP contribution >= 0.6 is 0 Å². The number of carbonyl (C=O) groups is 4. The lowest BCUT2D eigenvalue weighted by atomic mass is 9.89. The highest BCUT2D eigenvalue weighted by atomic mass is 16.5. The zero-order valence-electron chi connectivity index (χ0n) is 37.1. The highest BCUT2D eigenvalue weighted by Crippen LogP contribution is 2.30. The van der Waals surface area contributed by atoms with Gasteiger partial charge in [-0.05, 0) is 67.8 Å². The molecule has 2 heterocycles. The Morgan fingerprint density at radius 3 is 2.09 bits per heavy atom. The lowest BCUT2D eigenvalue weighted by molar-refractivity contribution is -0.148. The molecule has 0 spiro atoms. The van der Waals surface area contributed by atoms with Crippen molar-refractivity contribution in [1.29, 1.82) is 0 Å². The van der Waals surface area contributed by atoms with Gasteiger partial charge in [-0.1, -0.05) is 85.2 Å². The number of aliphatic hydroxyl groups is 1. The molecule has 2 aromatic rings. The van der Waals surface area contributed by atoms with Crippen molar-refractivity contribution in [3.8, 4) is 0 Å². The second-order valence-electron chi connectivity index (χ2n) is 16.9. The molecule has 3 rings (SSSR count). The summed E-state index contributed by atoms with van der Waals surface area (Å²) in [6.07, 6.45) is 3.52. The average Bonchev–Trinajstić information content (AvgIpc) is 3.69. The third-order valence-electron chi connectivity index (χ3n) is 12.0. The third kappa shape index (κ3) is 12.5. The fraction of sp³-hybridized carbons (Fsp3) is 0.667. The van der Waals surface area contributed by atoms with E-state index in [4.69, 9.17) is 9.47 Å². The van der Waals surface area contributed by atoms with Gasteiger partial charge in [0.1, 0.15) is 6.04 Å². The summed E-state index contributed by atoms with van der Waals surface area (Å²) in [5, 5.41) is 16.9. The molecule has 13 nitrogen and oxygen atoms in total. The smallest absolute Gasteiger partial charge is 0.245 e. The van der Waals surface area contributed by atoms with Crippen LogP contribution < -0.4 is 10.6 Å². The largest absolute Gasteiger partial charge is 0.386 e. The van der Waals surface area contributed by atoms with E-state index < -0.39 is 48.4 Å². The van der Waals surface area contributed by atoms with Gasteiger partial charge >= 0.3 is 0 Å². The van der Waals surface area contributed by atoms with Gasteiger partial charge in [-0.25, -0.2) is 0 Å². The van der Waals surface area contributed by atoms with Crippen LogP contribution in [0.15, 0.2) is 54.9 Å². The second kappa shape index (κ2) is 23.0. The molecule has 58 heavy (non-hydrogen) atoms. The molecule has 1 aromatic carbocycles. The van der Waals surface area contributed by atoms with E-state index in [-0.39, 0.29) is 53.8 Å². The van der Waals surface area contributed by atoms with Gasteiger partial charge in [0.25, 0.3) is 0 Å². The number of nitrogens with one attached hydrogen (secondary N) is 2. The number of amides is 4. The van der Waals surface area contributed by atoms with Gasteiger partial charge in [0.15, 0.2) is 0 Å². The first-order chi connectivity index (χ1) is 27.5. The summed E-state index contributed by atoms with van der Waals surface area (Å²) in [5.41, 5.74) is 1.74. The quantitative estimate of drug-likeness (QED) is 0.152. The van der Waals surface area contributed by atoms with Gasteiger partial charge in [-0.2, -0.15) is 0 Å². The summed E-state index contributed by atoms with van der Waals surface area (Å²) in [4.78, 5) is 65.9. The van der Waals surface area contributed by atoms with Crippen LogP contribution in [0, 0.1) is 23.7 Å². The molecule has 0 bridgehead atoms. The van der Waals surface area contributed by atoms with Crippen LogP contribution in [0.1, 0.15) is 98.3 Å².